The van der Waals surface area contributed by atoms with Gasteiger partial charge in [0.2, 0.25) is 10.0 Å². The van der Waals surface area contributed by atoms with Crippen molar-refractivity contribution in [3.05, 3.63) is 36.2 Å². The second kappa shape index (κ2) is 7.24. The van der Waals surface area contributed by atoms with Gasteiger partial charge >= 0.3 is 0 Å². The van der Waals surface area contributed by atoms with Gasteiger partial charge in [0.25, 0.3) is 0 Å². The number of halogens is 1. The summed E-state index contributed by atoms with van der Waals surface area (Å²) < 4.78 is 44.2. The number of sulfonamides is 1. The molecule has 0 aliphatic rings. The molecule has 22 heavy (non-hydrogen) atoms. The quantitative estimate of drug-likeness (QED) is 0.798. The van der Waals surface area contributed by atoms with Gasteiger partial charge in [0.15, 0.2) is 0 Å². The molecule has 1 aromatic rings. The molecule has 0 spiro atoms. The molecule has 0 saturated carbocycles. The standard InChI is InChI=1S/C16H24FNO3S/c1-6-13(11-17)12-21-14-7-9-15(10-8-14)22(19,20)18(5)16(2,3)4/h7-11H,6,12H2,1-5H3/b13-11-. The summed E-state index contributed by atoms with van der Waals surface area (Å²) in [6.45, 7) is 7.49. The Kier molecular flexibility index (Phi) is 6.14. The zero-order valence-electron chi connectivity index (χ0n) is 13.8. The van der Waals surface area contributed by atoms with Crippen LogP contribution in [0.5, 0.6) is 5.75 Å². The highest BCUT2D eigenvalue weighted by atomic mass is 32.2. The molecule has 4 nitrogen and oxygen atoms in total. The zero-order valence-corrected chi connectivity index (χ0v) is 14.6. The molecule has 0 aliphatic heterocycles. The molecule has 0 saturated heterocycles. The molecule has 1 rings (SSSR count). The fourth-order valence-corrected chi connectivity index (χ4v) is 3.13. The minimum atomic E-state index is -3.55. The van der Waals surface area contributed by atoms with Crippen molar-refractivity contribution in [1.82, 2.24) is 4.31 Å². The number of hydrogen-bond donors (Lipinski definition) is 0. The SMILES string of the molecule is CC/C(=C/F)COc1ccc(S(=O)(=O)N(C)C(C)(C)C)cc1. The van der Waals surface area contributed by atoms with E-state index >= 15 is 0 Å². The fourth-order valence-electron chi connectivity index (χ4n) is 1.61. The molecule has 0 bridgehead atoms. The molecular formula is C16H24FNO3S. The highest BCUT2D eigenvalue weighted by molar-refractivity contribution is 7.89. The Balaban J connectivity index is 2.89. The van der Waals surface area contributed by atoms with Crippen LogP contribution in [-0.4, -0.2) is 31.9 Å². The lowest BCUT2D eigenvalue weighted by Crippen LogP contribution is -2.42. The van der Waals surface area contributed by atoms with Crippen molar-refractivity contribution >= 4 is 10.0 Å². The van der Waals surface area contributed by atoms with E-state index in [-0.39, 0.29) is 11.5 Å². The minimum absolute atomic E-state index is 0.154. The van der Waals surface area contributed by atoms with Crippen LogP contribution in [0.1, 0.15) is 34.1 Å². The Morgan fingerprint density at radius 1 is 1.27 bits per heavy atom. The van der Waals surface area contributed by atoms with Gasteiger partial charge in [-0.05, 0) is 57.0 Å². The fraction of sp³-hybridized carbons (Fsp3) is 0.500. The lowest BCUT2D eigenvalue weighted by Gasteiger charge is -2.30. The Morgan fingerprint density at radius 3 is 2.23 bits per heavy atom. The van der Waals surface area contributed by atoms with E-state index in [0.717, 1.165) is 0 Å². The van der Waals surface area contributed by atoms with Crippen LogP contribution in [-0.2, 0) is 10.0 Å². The average Bonchev–Trinajstić information content (AvgIpc) is 2.47. The van der Waals surface area contributed by atoms with Gasteiger partial charge in [-0.15, -0.1) is 0 Å². The summed E-state index contributed by atoms with van der Waals surface area (Å²) in [6.07, 6.45) is 1.11. The van der Waals surface area contributed by atoms with Gasteiger partial charge in [0.1, 0.15) is 12.4 Å². The van der Waals surface area contributed by atoms with Crippen LogP contribution in [0, 0.1) is 0 Å². The summed E-state index contributed by atoms with van der Waals surface area (Å²) >= 11 is 0. The van der Waals surface area contributed by atoms with Crippen LogP contribution >= 0.6 is 0 Å². The molecule has 124 valence electrons. The largest absolute Gasteiger partial charge is 0.489 e. The first-order valence-corrected chi connectivity index (χ1v) is 8.57. The maximum Gasteiger partial charge on any atom is 0.243 e. The van der Waals surface area contributed by atoms with E-state index in [1.807, 2.05) is 27.7 Å². The second-order valence-corrected chi connectivity index (χ2v) is 7.99. The van der Waals surface area contributed by atoms with Crippen LogP contribution in [0.15, 0.2) is 41.1 Å². The Morgan fingerprint density at radius 2 is 1.82 bits per heavy atom. The molecule has 0 aliphatic carbocycles. The van der Waals surface area contributed by atoms with E-state index in [2.05, 4.69) is 0 Å². The maximum atomic E-state index is 12.5. The third-order valence-corrected chi connectivity index (χ3v) is 5.60. The first-order valence-electron chi connectivity index (χ1n) is 7.13. The molecule has 0 N–H and O–H groups in total. The first kappa shape index (κ1) is 18.6. The smallest absolute Gasteiger partial charge is 0.243 e. The van der Waals surface area contributed by atoms with Gasteiger partial charge in [-0.25, -0.2) is 12.8 Å². The van der Waals surface area contributed by atoms with Crippen LogP contribution in [0.25, 0.3) is 0 Å². The van der Waals surface area contributed by atoms with Gasteiger partial charge in [-0.1, -0.05) is 6.92 Å². The van der Waals surface area contributed by atoms with E-state index in [1.54, 1.807) is 19.2 Å². The van der Waals surface area contributed by atoms with Gasteiger partial charge < -0.3 is 4.74 Å². The van der Waals surface area contributed by atoms with Crippen molar-refractivity contribution in [2.45, 2.75) is 44.6 Å². The van der Waals surface area contributed by atoms with E-state index < -0.39 is 15.6 Å². The number of ether oxygens (including phenoxy) is 1. The molecule has 0 unspecified atom stereocenters. The Bertz CT molecular complexity index is 616. The maximum absolute atomic E-state index is 12.5. The van der Waals surface area contributed by atoms with Crippen molar-refractivity contribution in [2.75, 3.05) is 13.7 Å². The summed E-state index contributed by atoms with van der Waals surface area (Å²) in [5.41, 5.74) is 0.0415. The Labute approximate surface area is 132 Å². The highest BCUT2D eigenvalue weighted by Crippen LogP contribution is 2.24. The number of rotatable bonds is 6. The number of benzene rings is 1. The topological polar surface area (TPSA) is 46.6 Å². The van der Waals surface area contributed by atoms with E-state index in [0.29, 0.717) is 24.1 Å². The lowest BCUT2D eigenvalue weighted by molar-refractivity contribution is 0.291. The van der Waals surface area contributed by atoms with Gasteiger partial charge in [0.05, 0.1) is 11.2 Å². The summed E-state index contributed by atoms with van der Waals surface area (Å²) in [7, 11) is -1.99. The summed E-state index contributed by atoms with van der Waals surface area (Å²) in [6, 6.07) is 6.15. The third kappa shape index (κ3) is 4.55. The molecule has 1 aromatic carbocycles. The summed E-state index contributed by atoms with van der Waals surface area (Å²) in [5.74, 6) is 0.505. The van der Waals surface area contributed by atoms with E-state index in [1.165, 1.54) is 16.4 Å². The normalized spacial score (nSPS) is 13.5. The molecule has 0 heterocycles. The van der Waals surface area contributed by atoms with E-state index in [9.17, 15) is 12.8 Å². The second-order valence-electron chi connectivity index (χ2n) is 6.02. The highest BCUT2D eigenvalue weighted by Gasteiger charge is 2.30. The predicted molar refractivity (Wildman–Crippen MR) is 86.1 cm³/mol. The molecule has 0 atom stereocenters. The molecule has 0 fully saturated rings. The summed E-state index contributed by atoms with van der Waals surface area (Å²) in [5, 5.41) is 0. The van der Waals surface area contributed by atoms with Crippen LogP contribution in [0.4, 0.5) is 4.39 Å². The molecular weight excluding hydrogens is 305 g/mol. The minimum Gasteiger partial charge on any atom is -0.489 e. The molecule has 0 amide bonds. The third-order valence-electron chi connectivity index (χ3n) is 3.46. The van der Waals surface area contributed by atoms with Crippen LogP contribution < -0.4 is 4.74 Å². The molecule has 0 radical (unpaired) electrons. The molecule has 0 aromatic heterocycles. The van der Waals surface area contributed by atoms with Crippen molar-refractivity contribution in [3.63, 3.8) is 0 Å². The van der Waals surface area contributed by atoms with Crippen molar-refractivity contribution < 1.29 is 17.5 Å². The van der Waals surface area contributed by atoms with Gasteiger partial charge in [0, 0.05) is 12.6 Å². The number of hydrogen-bond acceptors (Lipinski definition) is 3. The van der Waals surface area contributed by atoms with Crippen LogP contribution in [0.2, 0.25) is 0 Å². The van der Waals surface area contributed by atoms with Gasteiger partial charge in [-0.2, -0.15) is 4.31 Å². The lowest BCUT2D eigenvalue weighted by atomic mass is 10.1. The van der Waals surface area contributed by atoms with Crippen molar-refractivity contribution in [2.24, 2.45) is 0 Å². The predicted octanol–water partition coefficient (Wildman–Crippen LogP) is 3.75. The van der Waals surface area contributed by atoms with E-state index in [4.69, 9.17) is 4.74 Å². The van der Waals surface area contributed by atoms with Crippen molar-refractivity contribution in [1.29, 1.82) is 0 Å². The number of nitrogens with zero attached hydrogens (tertiary/aromatic N) is 1. The average molecular weight is 329 g/mol. The monoisotopic (exact) mass is 329 g/mol. The summed E-state index contributed by atoms with van der Waals surface area (Å²) in [4.78, 5) is 0.203. The molecule has 6 heteroatoms. The van der Waals surface area contributed by atoms with Crippen LogP contribution in [0.3, 0.4) is 0 Å². The van der Waals surface area contributed by atoms with Gasteiger partial charge in [-0.3, -0.25) is 0 Å². The Hall–Kier alpha value is -1.40. The first-order chi connectivity index (χ1) is 10.1. The zero-order chi connectivity index (χ0) is 17.0. The van der Waals surface area contributed by atoms with Crippen molar-refractivity contribution in [3.8, 4) is 5.75 Å².